The molecule has 3 aromatic rings. The van der Waals surface area contributed by atoms with Crippen molar-refractivity contribution in [2.75, 3.05) is 31.2 Å². The molecule has 7 heteroatoms. The Morgan fingerprint density at radius 3 is 2.38 bits per heavy atom. The average molecular weight is 393 g/mol. The van der Waals surface area contributed by atoms with E-state index in [2.05, 4.69) is 24.8 Å². The van der Waals surface area contributed by atoms with Crippen molar-refractivity contribution >= 4 is 5.95 Å². The summed E-state index contributed by atoms with van der Waals surface area (Å²) in [7, 11) is 0. The molecule has 1 fully saturated rings. The lowest BCUT2D eigenvalue weighted by Crippen LogP contribution is -2.37. The molecule has 0 bridgehead atoms. The summed E-state index contributed by atoms with van der Waals surface area (Å²) in [5.41, 5.74) is 2.74. The highest BCUT2D eigenvalue weighted by Crippen LogP contribution is 2.16. The molecular formula is C22H24FN5O. The van der Waals surface area contributed by atoms with Crippen molar-refractivity contribution in [3.8, 4) is 0 Å². The Labute approximate surface area is 170 Å². The molecule has 0 unspecified atom stereocenters. The van der Waals surface area contributed by atoms with Gasteiger partial charge in [0, 0.05) is 68.6 Å². The summed E-state index contributed by atoms with van der Waals surface area (Å²) in [5.74, 6) is 0.535. The van der Waals surface area contributed by atoms with Crippen LogP contribution in [-0.4, -0.2) is 46.2 Å². The number of anilines is 1. The van der Waals surface area contributed by atoms with Gasteiger partial charge >= 0.3 is 0 Å². The molecule has 1 aromatic carbocycles. The SMILES string of the molecule is Fc1ccccc1CN(Cc1cccnc1)Cc1cnc(N2CCOCC2)nc1. The maximum Gasteiger partial charge on any atom is 0.225 e. The Bertz CT molecular complexity index is 901. The molecular weight excluding hydrogens is 369 g/mol. The fraction of sp³-hybridized carbons (Fsp3) is 0.318. The molecule has 0 radical (unpaired) electrons. The van der Waals surface area contributed by atoms with Gasteiger partial charge in [-0.05, 0) is 17.7 Å². The number of hydrogen-bond acceptors (Lipinski definition) is 6. The first-order valence-electron chi connectivity index (χ1n) is 9.76. The van der Waals surface area contributed by atoms with Crippen LogP contribution in [0.1, 0.15) is 16.7 Å². The first-order chi connectivity index (χ1) is 14.3. The van der Waals surface area contributed by atoms with Gasteiger partial charge in [0.15, 0.2) is 0 Å². The van der Waals surface area contributed by atoms with Gasteiger partial charge in [-0.15, -0.1) is 0 Å². The molecule has 150 valence electrons. The van der Waals surface area contributed by atoms with E-state index < -0.39 is 0 Å². The number of rotatable bonds is 7. The Kier molecular flexibility index (Phi) is 6.38. The number of ether oxygens (including phenoxy) is 1. The van der Waals surface area contributed by atoms with Gasteiger partial charge in [0.1, 0.15) is 5.82 Å². The van der Waals surface area contributed by atoms with E-state index in [4.69, 9.17) is 4.74 Å². The highest BCUT2D eigenvalue weighted by atomic mass is 19.1. The molecule has 6 nitrogen and oxygen atoms in total. The van der Waals surface area contributed by atoms with Gasteiger partial charge in [0.05, 0.1) is 13.2 Å². The highest BCUT2D eigenvalue weighted by Gasteiger charge is 2.15. The van der Waals surface area contributed by atoms with Crippen LogP contribution in [0.5, 0.6) is 0 Å². The van der Waals surface area contributed by atoms with Crippen LogP contribution < -0.4 is 4.90 Å². The normalized spacial score (nSPS) is 14.3. The Hall–Kier alpha value is -2.90. The summed E-state index contributed by atoms with van der Waals surface area (Å²) in [6.45, 7) is 4.78. The Balaban J connectivity index is 1.49. The molecule has 0 amide bonds. The molecule has 0 spiro atoms. The topological polar surface area (TPSA) is 54.4 Å². The standard InChI is InChI=1S/C22H24FN5O/c23-21-6-2-1-5-20(21)17-27(15-18-4-3-7-24-12-18)16-19-13-25-22(26-14-19)28-8-10-29-11-9-28/h1-7,12-14H,8-11,15-17H2. The molecule has 0 N–H and O–H groups in total. The van der Waals surface area contributed by atoms with Crippen molar-refractivity contribution in [1.82, 2.24) is 19.9 Å². The number of nitrogens with zero attached hydrogens (tertiary/aromatic N) is 5. The Morgan fingerprint density at radius 1 is 0.897 bits per heavy atom. The average Bonchev–Trinajstić information content (AvgIpc) is 2.77. The second kappa shape index (κ2) is 9.54. The van der Waals surface area contributed by atoms with Crippen LogP contribution in [0.25, 0.3) is 0 Å². The molecule has 0 saturated carbocycles. The van der Waals surface area contributed by atoms with E-state index in [1.165, 1.54) is 6.07 Å². The number of benzene rings is 1. The molecule has 4 rings (SSSR count). The van der Waals surface area contributed by atoms with Crippen molar-refractivity contribution in [3.63, 3.8) is 0 Å². The number of hydrogen-bond donors (Lipinski definition) is 0. The molecule has 2 aromatic heterocycles. The molecule has 1 saturated heterocycles. The van der Waals surface area contributed by atoms with Crippen LogP contribution in [0.15, 0.2) is 61.2 Å². The van der Waals surface area contributed by atoms with E-state index in [0.717, 1.165) is 30.2 Å². The summed E-state index contributed by atoms with van der Waals surface area (Å²) >= 11 is 0. The first-order valence-corrected chi connectivity index (χ1v) is 9.76. The van der Waals surface area contributed by atoms with Crippen LogP contribution >= 0.6 is 0 Å². The monoisotopic (exact) mass is 393 g/mol. The number of halogens is 1. The van der Waals surface area contributed by atoms with Gasteiger partial charge in [-0.25, -0.2) is 14.4 Å². The summed E-state index contributed by atoms with van der Waals surface area (Å²) in [4.78, 5) is 17.6. The van der Waals surface area contributed by atoms with Crippen molar-refractivity contribution in [2.45, 2.75) is 19.6 Å². The first kappa shape index (κ1) is 19.4. The van der Waals surface area contributed by atoms with Gasteiger partial charge in [-0.3, -0.25) is 9.88 Å². The van der Waals surface area contributed by atoms with Gasteiger partial charge < -0.3 is 9.64 Å². The fourth-order valence-corrected chi connectivity index (χ4v) is 3.40. The third kappa shape index (κ3) is 5.34. The largest absolute Gasteiger partial charge is 0.378 e. The molecule has 0 aliphatic carbocycles. The van der Waals surface area contributed by atoms with Crippen molar-refractivity contribution in [2.24, 2.45) is 0 Å². The highest BCUT2D eigenvalue weighted by molar-refractivity contribution is 5.30. The summed E-state index contributed by atoms with van der Waals surface area (Å²) < 4.78 is 19.6. The van der Waals surface area contributed by atoms with Gasteiger partial charge in [0.2, 0.25) is 5.95 Å². The minimum Gasteiger partial charge on any atom is -0.378 e. The summed E-state index contributed by atoms with van der Waals surface area (Å²) in [6, 6.07) is 10.8. The second-order valence-corrected chi connectivity index (χ2v) is 7.09. The van der Waals surface area contributed by atoms with E-state index in [1.807, 2.05) is 42.9 Å². The predicted octanol–water partition coefficient (Wildman–Crippen LogP) is 3.05. The van der Waals surface area contributed by atoms with Crippen molar-refractivity contribution < 1.29 is 9.13 Å². The molecule has 29 heavy (non-hydrogen) atoms. The van der Waals surface area contributed by atoms with Gasteiger partial charge in [-0.2, -0.15) is 0 Å². The maximum atomic E-state index is 14.2. The van der Waals surface area contributed by atoms with Crippen LogP contribution in [-0.2, 0) is 24.4 Å². The predicted molar refractivity (Wildman–Crippen MR) is 109 cm³/mol. The number of aromatic nitrogens is 3. The quantitative estimate of drug-likeness (QED) is 0.615. The lowest BCUT2D eigenvalue weighted by atomic mass is 10.1. The molecule has 0 atom stereocenters. The van der Waals surface area contributed by atoms with E-state index in [0.29, 0.717) is 38.4 Å². The van der Waals surface area contributed by atoms with Crippen molar-refractivity contribution in [1.29, 1.82) is 0 Å². The minimum atomic E-state index is -0.192. The fourth-order valence-electron chi connectivity index (χ4n) is 3.40. The molecule has 1 aliphatic rings. The summed E-state index contributed by atoms with van der Waals surface area (Å²) in [5, 5.41) is 0. The van der Waals surface area contributed by atoms with Crippen molar-refractivity contribution in [3.05, 3.63) is 83.7 Å². The smallest absolute Gasteiger partial charge is 0.225 e. The van der Waals surface area contributed by atoms with E-state index in [9.17, 15) is 4.39 Å². The zero-order valence-electron chi connectivity index (χ0n) is 16.2. The lowest BCUT2D eigenvalue weighted by Gasteiger charge is -2.27. The van der Waals surface area contributed by atoms with Gasteiger partial charge in [-0.1, -0.05) is 24.3 Å². The zero-order valence-corrected chi connectivity index (χ0v) is 16.2. The second-order valence-electron chi connectivity index (χ2n) is 7.09. The van der Waals surface area contributed by atoms with E-state index in [1.54, 1.807) is 12.3 Å². The minimum absolute atomic E-state index is 0.192. The van der Waals surface area contributed by atoms with Crippen LogP contribution in [0.2, 0.25) is 0 Å². The third-order valence-electron chi connectivity index (χ3n) is 4.87. The summed E-state index contributed by atoms with van der Waals surface area (Å²) in [6.07, 6.45) is 7.31. The molecule has 3 heterocycles. The van der Waals surface area contributed by atoms with Crippen LogP contribution in [0.4, 0.5) is 10.3 Å². The zero-order chi connectivity index (χ0) is 19.9. The van der Waals surface area contributed by atoms with E-state index in [-0.39, 0.29) is 5.82 Å². The van der Waals surface area contributed by atoms with Gasteiger partial charge in [0.25, 0.3) is 0 Å². The number of morpholine rings is 1. The van der Waals surface area contributed by atoms with E-state index >= 15 is 0 Å². The molecule has 1 aliphatic heterocycles. The van der Waals surface area contributed by atoms with Crippen LogP contribution in [0, 0.1) is 5.82 Å². The lowest BCUT2D eigenvalue weighted by molar-refractivity contribution is 0.122. The third-order valence-corrected chi connectivity index (χ3v) is 4.87. The van der Waals surface area contributed by atoms with Crippen LogP contribution in [0.3, 0.4) is 0 Å². The maximum absolute atomic E-state index is 14.2. The Morgan fingerprint density at radius 2 is 1.66 bits per heavy atom. The number of pyridine rings is 1.